The molecule has 0 spiro atoms. The monoisotopic (exact) mass is 432 g/mol. The third kappa shape index (κ3) is 4.39. The molecule has 0 amide bonds. The lowest BCUT2D eigenvalue weighted by molar-refractivity contribution is 0.0990. The van der Waals surface area contributed by atoms with E-state index in [9.17, 15) is 4.57 Å². The largest absolute Gasteiger partial charge is 0.469 e. The van der Waals surface area contributed by atoms with Crippen LogP contribution in [0, 0.1) is 0 Å². The van der Waals surface area contributed by atoms with Gasteiger partial charge in [0.1, 0.15) is 11.9 Å². The number of anilines is 1. The van der Waals surface area contributed by atoms with Crippen molar-refractivity contribution >= 4 is 25.0 Å². The van der Waals surface area contributed by atoms with Crippen molar-refractivity contribution < 1.29 is 23.6 Å². The van der Waals surface area contributed by atoms with E-state index in [0.717, 1.165) is 24.1 Å². The van der Waals surface area contributed by atoms with Crippen LogP contribution in [0.2, 0.25) is 0 Å². The van der Waals surface area contributed by atoms with E-state index in [1.807, 2.05) is 26.0 Å². The Balaban J connectivity index is 1.52. The second-order valence-corrected chi connectivity index (χ2v) is 9.37. The van der Waals surface area contributed by atoms with E-state index in [1.165, 1.54) is 11.9 Å². The Bertz CT molecular complexity index is 1010. The first-order chi connectivity index (χ1) is 14.1. The number of nitrogens with two attached hydrogens (primary N) is 1. The first-order valence-electron chi connectivity index (χ1n) is 9.85. The lowest BCUT2D eigenvalue weighted by Gasteiger charge is -2.32. The van der Waals surface area contributed by atoms with Gasteiger partial charge in [-0.15, -0.1) is 0 Å². The molecule has 1 aliphatic heterocycles. The van der Waals surface area contributed by atoms with Gasteiger partial charge in [-0.1, -0.05) is 24.3 Å². The second-order valence-electron chi connectivity index (χ2n) is 8.18. The molecule has 4 N–H and O–H groups in total. The number of ether oxygens (including phenoxy) is 1. The predicted molar refractivity (Wildman–Crippen MR) is 112 cm³/mol. The first-order valence-corrected chi connectivity index (χ1v) is 11.4. The fourth-order valence-corrected chi connectivity index (χ4v) is 4.71. The van der Waals surface area contributed by atoms with E-state index in [-0.39, 0.29) is 11.9 Å². The Labute approximate surface area is 174 Å². The molecule has 1 aromatic carbocycles. The van der Waals surface area contributed by atoms with Crippen molar-refractivity contribution in [3.05, 3.63) is 41.7 Å². The summed E-state index contributed by atoms with van der Waals surface area (Å²) in [5.74, 6) is 0.985. The molecule has 0 saturated heterocycles. The highest BCUT2D eigenvalue weighted by Crippen LogP contribution is 2.44. The van der Waals surface area contributed by atoms with Crippen LogP contribution in [0.5, 0.6) is 5.88 Å². The maximum absolute atomic E-state index is 11.0. The van der Waals surface area contributed by atoms with Crippen LogP contribution >= 0.6 is 7.82 Å². The summed E-state index contributed by atoms with van der Waals surface area (Å²) in [5.41, 5.74) is 8.58. The van der Waals surface area contributed by atoms with Gasteiger partial charge in [0, 0.05) is 5.56 Å². The van der Waals surface area contributed by atoms with Crippen molar-refractivity contribution in [3.8, 4) is 5.88 Å². The highest BCUT2D eigenvalue weighted by Gasteiger charge is 2.35. The molecule has 0 atom stereocenters. The molecule has 1 fully saturated rings. The fourth-order valence-electron chi connectivity index (χ4n) is 4.11. The van der Waals surface area contributed by atoms with E-state index in [1.54, 1.807) is 0 Å². The zero-order valence-electron chi connectivity index (χ0n) is 16.9. The number of rotatable bonds is 4. The van der Waals surface area contributed by atoms with Crippen molar-refractivity contribution in [2.45, 2.75) is 57.2 Å². The van der Waals surface area contributed by atoms with Crippen LogP contribution in [0.3, 0.4) is 0 Å². The first kappa shape index (κ1) is 20.9. The molecule has 0 unspecified atom stereocenters. The number of phosphoric ester groups is 1. The zero-order chi connectivity index (χ0) is 21.5. The van der Waals surface area contributed by atoms with Gasteiger partial charge in [0.05, 0.1) is 11.8 Å². The molecule has 2 aliphatic rings. The highest BCUT2D eigenvalue weighted by atomic mass is 31.2. The quantitative estimate of drug-likeness (QED) is 0.624. The second kappa shape index (κ2) is 7.74. The number of aromatic nitrogens is 2. The van der Waals surface area contributed by atoms with Crippen LogP contribution in [0.1, 0.15) is 56.6 Å². The van der Waals surface area contributed by atoms with Gasteiger partial charge in [-0.3, -0.25) is 4.52 Å². The minimum absolute atomic E-state index is 0.277. The van der Waals surface area contributed by atoms with Gasteiger partial charge in [-0.2, -0.15) is 4.98 Å². The third-order valence-electron chi connectivity index (χ3n) is 5.58. The average molecular weight is 432 g/mol. The summed E-state index contributed by atoms with van der Waals surface area (Å²) >= 11 is 0. The van der Waals surface area contributed by atoms with E-state index in [2.05, 4.69) is 22.1 Å². The van der Waals surface area contributed by atoms with Gasteiger partial charge in [0.15, 0.2) is 11.5 Å². The number of nitrogen functional groups attached to an aromatic ring is 1. The highest BCUT2D eigenvalue weighted by molar-refractivity contribution is 7.46. The summed E-state index contributed by atoms with van der Waals surface area (Å²) in [6, 6.07) is 8.18. The molecule has 2 heterocycles. The van der Waals surface area contributed by atoms with E-state index >= 15 is 0 Å². The number of benzene rings is 1. The van der Waals surface area contributed by atoms with Crippen molar-refractivity contribution in [1.82, 2.24) is 9.97 Å². The lowest BCUT2D eigenvalue weighted by Crippen LogP contribution is -2.41. The van der Waals surface area contributed by atoms with Gasteiger partial charge in [-0.05, 0) is 51.0 Å². The van der Waals surface area contributed by atoms with Crippen molar-refractivity contribution in [3.63, 3.8) is 0 Å². The maximum Gasteiger partial charge on any atom is 0.469 e. The van der Waals surface area contributed by atoms with Crippen LogP contribution in [-0.4, -0.2) is 37.2 Å². The summed E-state index contributed by atoms with van der Waals surface area (Å²) in [4.78, 5) is 30.8. The third-order valence-corrected chi connectivity index (χ3v) is 6.15. The van der Waals surface area contributed by atoms with Crippen LogP contribution in [-0.2, 0) is 9.09 Å². The molecule has 1 saturated carbocycles. The number of hydrogen-bond donors (Lipinski definition) is 3. The summed E-state index contributed by atoms with van der Waals surface area (Å²) in [6.07, 6.45) is 3.87. The van der Waals surface area contributed by atoms with Crippen molar-refractivity contribution in [2.24, 2.45) is 4.99 Å². The summed E-state index contributed by atoms with van der Waals surface area (Å²) in [7, 11) is -4.43. The van der Waals surface area contributed by atoms with Gasteiger partial charge >= 0.3 is 7.82 Å². The molecular weight excluding hydrogens is 407 g/mol. The Morgan fingerprint density at radius 2 is 1.80 bits per heavy atom. The molecule has 0 bridgehead atoms. The van der Waals surface area contributed by atoms with Crippen molar-refractivity contribution in [2.75, 3.05) is 5.73 Å². The van der Waals surface area contributed by atoms with E-state index < -0.39 is 13.4 Å². The minimum Gasteiger partial charge on any atom is -0.463 e. The fraction of sp³-hybridized carbons (Fsp3) is 0.450. The Hall–Kier alpha value is -2.32. The lowest BCUT2D eigenvalue weighted by atomic mass is 9.82. The maximum atomic E-state index is 11.0. The Morgan fingerprint density at radius 1 is 1.13 bits per heavy atom. The molecule has 0 radical (unpaired) electrons. The Morgan fingerprint density at radius 3 is 2.43 bits per heavy atom. The number of nitrogens with zero attached hydrogens (tertiary/aromatic N) is 3. The molecule has 10 heteroatoms. The van der Waals surface area contributed by atoms with Gasteiger partial charge in [0.25, 0.3) is 0 Å². The number of fused-ring (bicyclic) bond motifs is 1. The van der Waals surface area contributed by atoms with Crippen LogP contribution in [0.15, 0.2) is 35.6 Å². The summed E-state index contributed by atoms with van der Waals surface area (Å²) < 4.78 is 21.9. The standard InChI is InChI=1S/C20H25N4O5P/c1-20(2)17(24-16-18(21)22-11-23-19(16)28-20)14-5-3-12(4-6-14)13-7-9-15(10-8-13)29-30(25,26)27/h3-6,11,13,15H,7-10H2,1-2H3,(H2,21,22,23)(H2,25,26,27). The number of aliphatic imine (C=N–C) groups is 1. The minimum atomic E-state index is -4.43. The summed E-state index contributed by atoms with van der Waals surface area (Å²) in [5, 5.41) is 0. The molecular formula is C20H25N4O5P. The van der Waals surface area contributed by atoms with Crippen LogP contribution < -0.4 is 10.5 Å². The van der Waals surface area contributed by atoms with Crippen molar-refractivity contribution in [1.29, 1.82) is 0 Å². The molecule has 4 rings (SSSR count). The predicted octanol–water partition coefficient (Wildman–Crippen LogP) is 3.49. The SMILES string of the molecule is CC1(C)Oc2ncnc(N)c2N=C1c1ccc(C2CCC(OP(=O)(O)O)CC2)cc1. The topological polar surface area (TPSA) is 140 Å². The van der Waals surface area contributed by atoms with E-state index in [0.29, 0.717) is 30.3 Å². The number of hydrogen-bond acceptors (Lipinski definition) is 7. The average Bonchev–Trinajstić information content (AvgIpc) is 2.67. The van der Waals surface area contributed by atoms with Crippen LogP contribution in [0.25, 0.3) is 0 Å². The summed E-state index contributed by atoms with van der Waals surface area (Å²) in [6.45, 7) is 3.87. The van der Waals surface area contributed by atoms with E-state index in [4.69, 9.17) is 29.8 Å². The molecule has 30 heavy (non-hydrogen) atoms. The smallest absolute Gasteiger partial charge is 0.463 e. The van der Waals surface area contributed by atoms with Gasteiger partial charge in [0.2, 0.25) is 5.88 Å². The molecule has 2 aromatic rings. The molecule has 160 valence electrons. The van der Waals surface area contributed by atoms with Crippen LogP contribution in [0.4, 0.5) is 11.5 Å². The van der Waals surface area contributed by atoms with Gasteiger partial charge in [-0.25, -0.2) is 14.5 Å². The van der Waals surface area contributed by atoms with Gasteiger partial charge < -0.3 is 20.3 Å². The zero-order valence-corrected chi connectivity index (χ0v) is 17.7. The molecule has 1 aliphatic carbocycles. The number of phosphoric acid groups is 1. The molecule has 1 aromatic heterocycles. The Kier molecular flexibility index (Phi) is 5.40. The normalized spacial score (nSPS) is 23.3. The molecule has 9 nitrogen and oxygen atoms in total.